The topological polar surface area (TPSA) is 43.1 Å². The van der Waals surface area contributed by atoms with E-state index in [2.05, 4.69) is 0 Å². The predicted molar refractivity (Wildman–Crippen MR) is 43.3 cm³/mol. The Morgan fingerprint density at radius 3 is 1.50 bits per heavy atom. The second-order valence-electron chi connectivity index (χ2n) is 0.478. The van der Waals surface area contributed by atoms with Crippen molar-refractivity contribution in [1.29, 1.82) is 0 Å². The van der Waals surface area contributed by atoms with Crippen molar-refractivity contribution in [3.05, 3.63) is 0 Å². The molecule has 0 amide bonds. The monoisotopic (exact) mass is 199 g/mol. The minimum absolute atomic E-state index is 0. The van der Waals surface area contributed by atoms with Crippen LogP contribution in [0, 0.1) is 0 Å². The molecule has 0 saturated heterocycles. The fraction of sp³-hybridized carbons (Fsp3) is 1.00. The number of nitrogens with two attached hydrogens (primary N) is 1. The van der Waals surface area contributed by atoms with E-state index in [9.17, 15) is 0 Å². The average molecular weight is 200 g/mol. The fourth-order valence-electron chi connectivity index (χ4n) is 0. The molecule has 0 fully saturated rings. The first-order chi connectivity index (χ1) is 2.91. The van der Waals surface area contributed by atoms with Crippen molar-refractivity contribution >= 4 is 45.5 Å². The molecule has 0 radical (unpaired) electrons. The van der Waals surface area contributed by atoms with Crippen LogP contribution in [0.4, 0.5) is 0 Å². The molecule has 8 heavy (non-hydrogen) atoms. The molecule has 2 N–H and O–H groups in total. The van der Waals surface area contributed by atoms with Crippen molar-refractivity contribution in [1.82, 2.24) is 0 Å². The number of alkyl halides is 1. The van der Waals surface area contributed by atoms with Crippen LogP contribution in [0.1, 0.15) is 0 Å². The van der Waals surface area contributed by atoms with Gasteiger partial charge in [0.2, 0.25) is 0 Å². The Kier molecular flexibility index (Phi) is 128. The fourth-order valence-corrected chi connectivity index (χ4v) is 0. The Bertz CT molecular complexity index is 24.8. The molecule has 0 atom stereocenters. The quantitative estimate of drug-likeness (QED) is 0.515. The van der Waals surface area contributed by atoms with E-state index in [0.29, 0.717) is 12.4 Å². The number of hydrogen-bond donors (Lipinski definition) is 1. The zero-order valence-corrected chi connectivity index (χ0v) is 7.48. The van der Waals surface area contributed by atoms with Gasteiger partial charge >= 0.3 is 0 Å². The molecule has 0 aromatic carbocycles. The minimum Gasteiger partial charge on any atom is -0.329 e. The maximum absolute atomic E-state index is 8.06. The van der Waals surface area contributed by atoms with E-state index in [4.69, 9.17) is 21.9 Å². The first-order valence-electron chi connectivity index (χ1n) is 1.38. The van der Waals surface area contributed by atoms with Gasteiger partial charge in [-0.25, -0.2) is 0 Å². The van der Waals surface area contributed by atoms with E-state index in [0.717, 1.165) is 0 Å². The van der Waals surface area contributed by atoms with Crippen LogP contribution in [0.15, 0.2) is 0 Å². The molecule has 0 spiro atoms. The van der Waals surface area contributed by atoms with Gasteiger partial charge < -0.3 is 5.73 Å². The summed E-state index contributed by atoms with van der Waals surface area (Å²) in [5, 5.41) is 0. The van der Waals surface area contributed by atoms with Crippen molar-refractivity contribution in [3.8, 4) is 0 Å². The summed E-state index contributed by atoms with van der Waals surface area (Å²) in [4.78, 5) is 0. The normalized spacial score (nSPS) is 4.25. The summed E-state index contributed by atoms with van der Waals surface area (Å²) in [6.45, 7) is 0.585. The van der Waals surface area contributed by atoms with Crippen LogP contribution in [0.2, 0.25) is 0 Å². The van der Waals surface area contributed by atoms with Gasteiger partial charge in [-0.15, -0.1) is 36.4 Å². The molecule has 0 aliphatic carbocycles. The van der Waals surface area contributed by atoms with Gasteiger partial charge in [-0.3, -0.25) is 4.57 Å². The maximum Gasteiger partial charge on any atom is 0.138 e. The van der Waals surface area contributed by atoms with Crippen LogP contribution in [0.5, 0.6) is 0 Å². The molecule has 0 heterocycles. The summed E-state index contributed by atoms with van der Waals surface area (Å²) < 4.78 is 8.06. The zero-order valence-electron chi connectivity index (χ0n) is 4.09. The van der Waals surface area contributed by atoms with E-state index >= 15 is 0 Å². The average Bonchev–Trinajstić information content (AvgIpc) is 1.72. The highest BCUT2D eigenvalue weighted by molar-refractivity contribution is 7.00. The largest absolute Gasteiger partial charge is 0.329 e. The Labute approximate surface area is 68.6 Å². The molecule has 0 aromatic rings. The van der Waals surface area contributed by atoms with E-state index in [1.54, 1.807) is 9.12 Å². The Hall–Kier alpha value is 0.930. The second-order valence-corrected chi connectivity index (χ2v) is 0.856. The molecule has 6 heteroatoms. The Morgan fingerprint density at radius 2 is 1.50 bits per heavy atom. The van der Waals surface area contributed by atoms with Crippen LogP contribution in [0.3, 0.4) is 0 Å². The third-order valence-electron chi connectivity index (χ3n) is 0.109. The molecule has 0 aliphatic heterocycles. The van der Waals surface area contributed by atoms with Crippen LogP contribution < -0.4 is 5.73 Å². The van der Waals surface area contributed by atoms with Crippen molar-refractivity contribution in [3.63, 3.8) is 0 Å². The zero-order chi connectivity index (χ0) is 5.41. The summed E-state index contributed by atoms with van der Waals surface area (Å²) >= 11 is 5.06. The maximum atomic E-state index is 8.06. The summed E-state index contributed by atoms with van der Waals surface area (Å²) in [6, 6.07) is 0. The third-order valence-corrected chi connectivity index (χ3v) is 0.327. The first kappa shape index (κ1) is 23.1. The van der Waals surface area contributed by atoms with Gasteiger partial charge in [-0.2, -0.15) is 0 Å². The molecule has 0 rings (SSSR count). The Morgan fingerprint density at radius 1 is 1.38 bits per heavy atom. The van der Waals surface area contributed by atoms with Crippen LogP contribution in [-0.4, -0.2) is 12.4 Å². The van der Waals surface area contributed by atoms with E-state index in [1.807, 2.05) is 0 Å². The third kappa shape index (κ3) is 65.4. The highest BCUT2D eigenvalue weighted by atomic mass is 35.5. The molecule has 54 valence electrons. The Balaban J connectivity index is -0.0000000183. The molecule has 2 nitrogen and oxygen atoms in total. The van der Waals surface area contributed by atoms with Crippen LogP contribution in [-0.2, 0) is 4.57 Å². The van der Waals surface area contributed by atoms with Crippen molar-refractivity contribution < 1.29 is 4.57 Å². The molecule has 0 bridgehead atoms. The number of hydrogen-bond acceptors (Lipinski definition) is 2. The minimum atomic E-state index is 0. The predicted octanol–water partition coefficient (Wildman–Crippen LogP) is 1.50. The first-order valence-corrected chi connectivity index (χ1v) is 2.32. The second kappa shape index (κ2) is 44.4. The molecule has 0 saturated carbocycles. The lowest BCUT2D eigenvalue weighted by Crippen LogP contribution is -1.97. The molecular formula is C2H9Cl3NOP. The van der Waals surface area contributed by atoms with Crippen LogP contribution >= 0.6 is 45.5 Å². The lowest BCUT2D eigenvalue weighted by atomic mass is 10.8. The SMILES string of the molecule is Cl.Cl.NCCCl.O=P. The van der Waals surface area contributed by atoms with E-state index in [-0.39, 0.29) is 24.8 Å². The van der Waals surface area contributed by atoms with Gasteiger partial charge in [-0.05, 0) is 0 Å². The van der Waals surface area contributed by atoms with E-state index < -0.39 is 0 Å². The van der Waals surface area contributed by atoms with Gasteiger partial charge in [0, 0.05) is 12.4 Å². The summed E-state index contributed by atoms with van der Waals surface area (Å²) in [5.41, 5.74) is 4.90. The number of rotatable bonds is 1. The molecule has 0 aliphatic rings. The smallest absolute Gasteiger partial charge is 0.138 e. The van der Waals surface area contributed by atoms with Gasteiger partial charge in [-0.1, -0.05) is 0 Å². The highest BCUT2D eigenvalue weighted by Gasteiger charge is 1.58. The van der Waals surface area contributed by atoms with Crippen molar-refractivity contribution in [2.75, 3.05) is 12.4 Å². The lowest BCUT2D eigenvalue weighted by Gasteiger charge is -1.68. The number of halogens is 3. The standard InChI is InChI=1S/C2H6ClN.2ClH.HOP/c3-1-2-4;;;1-2/h1-2,4H2;2*1H;2H. The lowest BCUT2D eigenvalue weighted by molar-refractivity contribution is 0.607. The van der Waals surface area contributed by atoms with Gasteiger partial charge in [0.05, 0.1) is 0 Å². The van der Waals surface area contributed by atoms with Gasteiger partial charge in [0.1, 0.15) is 9.12 Å². The van der Waals surface area contributed by atoms with E-state index in [1.165, 1.54) is 0 Å². The van der Waals surface area contributed by atoms with Crippen molar-refractivity contribution in [2.45, 2.75) is 0 Å². The molecule has 0 unspecified atom stereocenters. The molecular weight excluding hydrogens is 191 g/mol. The molecule has 0 aromatic heterocycles. The van der Waals surface area contributed by atoms with Crippen LogP contribution in [0.25, 0.3) is 0 Å². The van der Waals surface area contributed by atoms with Crippen molar-refractivity contribution in [2.24, 2.45) is 5.73 Å². The summed E-state index contributed by atoms with van der Waals surface area (Å²) in [5.74, 6) is 0.569. The summed E-state index contributed by atoms with van der Waals surface area (Å²) in [6.07, 6.45) is 0. The highest BCUT2D eigenvalue weighted by Crippen LogP contribution is 1.60. The van der Waals surface area contributed by atoms with Gasteiger partial charge in [0.25, 0.3) is 0 Å². The summed E-state index contributed by atoms with van der Waals surface area (Å²) in [7, 11) is 1.72. The van der Waals surface area contributed by atoms with Gasteiger partial charge in [0.15, 0.2) is 0 Å².